The van der Waals surface area contributed by atoms with E-state index in [-0.39, 0.29) is 0 Å². The molecule has 224 valence electrons. The van der Waals surface area contributed by atoms with Gasteiger partial charge in [0.05, 0.1) is 11.4 Å². The van der Waals surface area contributed by atoms with Crippen LogP contribution >= 0.6 is 0 Å². The quantitative estimate of drug-likeness (QED) is 0.173. The van der Waals surface area contributed by atoms with Gasteiger partial charge in [-0.1, -0.05) is 91.0 Å². The predicted octanol–water partition coefficient (Wildman–Crippen LogP) is 9.68. The molecular weight excluding hydrogens is 570 g/mol. The molecule has 0 atom stereocenters. The molecule has 5 heteroatoms. The van der Waals surface area contributed by atoms with Gasteiger partial charge < -0.3 is 18.9 Å². The normalized spacial score (nSPS) is 13.1. The number of hydrogen-bond acceptors (Lipinski definition) is 5. The van der Waals surface area contributed by atoms with Crippen LogP contribution in [0.2, 0.25) is 0 Å². The van der Waals surface area contributed by atoms with Crippen LogP contribution < -0.4 is 18.9 Å². The highest BCUT2D eigenvalue weighted by Crippen LogP contribution is 2.46. The van der Waals surface area contributed by atoms with E-state index in [1.165, 1.54) is 0 Å². The molecule has 46 heavy (non-hydrogen) atoms. The zero-order valence-electron chi connectivity index (χ0n) is 25.2. The Morgan fingerprint density at radius 1 is 0.370 bits per heavy atom. The molecule has 7 aromatic rings. The molecule has 6 aromatic carbocycles. The van der Waals surface area contributed by atoms with E-state index in [9.17, 15) is 0 Å². The first kappa shape index (κ1) is 27.7. The van der Waals surface area contributed by atoms with Crippen LogP contribution in [0, 0.1) is 0 Å². The molecule has 0 N–H and O–H groups in total. The number of fused-ring (bicyclic) bond motifs is 2. The molecule has 0 saturated carbocycles. The molecule has 0 fully saturated rings. The van der Waals surface area contributed by atoms with Crippen molar-refractivity contribution in [2.24, 2.45) is 0 Å². The molecule has 0 spiro atoms. The maximum atomic E-state index is 6.63. The van der Waals surface area contributed by atoms with Gasteiger partial charge in [-0.2, -0.15) is 0 Å². The van der Waals surface area contributed by atoms with Gasteiger partial charge in [-0.15, -0.1) is 0 Å². The largest absolute Gasteiger partial charge is 0.488 e. The van der Waals surface area contributed by atoms with Crippen molar-refractivity contribution in [2.45, 2.75) is 26.4 Å². The molecule has 11 rings (SSSR count). The number of pyridine rings is 1. The Morgan fingerprint density at radius 3 is 1.30 bits per heavy atom. The second-order valence-electron chi connectivity index (χ2n) is 11.4. The maximum absolute atomic E-state index is 6.63. The van der Waals surface area contributed by atoms with Gasteiger partial charge >= 0.3 is 0 Å². The van der Waals surface area contributed by atoms with Crippen molar-refractivity contribution in [2.75, 3.05) is 0 Å². The summed E-state index contributed by atoms with van der Waals surface area (Å²) >= 11 is 0. The van der Waals surface area contributed by atoms with Gasteiger partial charge in [0.1, 0.15) is 49.4 Å². The van der Waals surface area contributed by atoms with E-state index in [0.717, 1.165) is 78.2 Å². The number of rotatable bonds is 0. The van der Waals surface area contributed by atoms with Crippen molar-refractivity contribution in [1.82, 2.24) is 4.98 Å². The molecule has 5 heterocycles. The van der Waals surface area contributed by atoms with Crippen LogP contribution in [0.25, 0.3) is 32.7 Å². The lowest BCUT2D eigenvalue weighted by molar-refractivity contribution is 0.289. The smallest absolute Gasteiger partial charge is 0.130 e. The average molecular weight is 602 g/mol. The van der Waals surface area contributed by atoms with Crippen LogP contribution in [-0.4, -0.2) is 4.98 Å². The summed E-state index contributed by atoms with van der Waals surface area (Å²) in [7, 11) is 0. The fourth-order valence-corrected chi connectivity index (χ4v) is 5.95. The lowest BCUT2D eigenvalue weighted by Crippen LogP contribution is -2.04. The van der Waals surface area contributed by atoms with Crippen LogP contribution in [0.1, 0.15) is 22.5 Å². The Bertz CT molecular complexity index is 2000. The summed E-state index contributed by atoms with van der Waals surface area (Å²) in [5, 5.41) is 4.49. The Balaban J connectivity index is 1.24. The Labute approximate surface area is 267 Å². The summed E-state index contributed by atoms with van der Waals surface area (Å²) in [6, 6.07) is 47.2. The monoisotopic (exact) mass is 601 g/mol. The summed E-state index contributed by atoms with van der Waals surface area (Å²) < 4.78 is 25.4. The van der Waals surface area contributed by atoms with Crippen LogP contribution in [0.4, 0.5) is 0 Å². The van der Waals surface area contributed by atoms with E-state index in [0.29, 0.717) is 26.4 Å². The molecule has 0 radical (unpaired) electrons. The first-order chi connectivity index (χ1) is 22.8. The van der Waals surface area contributed by atoms with Crippen molar-refractivity contribution in [3.63, 3.8) is 0 Å². The second-order valence-corrected chi connectivity index (χ2v) is 11.4. The lowest BCUT2D eigenvalue weighted by atomic mass is 9.92. The minimum absolute atomic E-state index is 0.367. The highest BCUT2D eigenvalue weighted by Gasteiger charge is 2.19. The highest BCUT2D eigenvalue weighted by molar-refractivity contribution is 6.09. The van der Waals surface area contributed by atoms with Gasteiger partial charge in [0, 0.05) is 11.1 Å². The van der Waals surface area contributed by atoms with Gasteiger partial charge in [-0.05, 0) is 81.2 Å². The highest BCUT2D eigenvalue weighted by atomic mass is 16.5. The topological polar surface area (TPSA) is 49.8 Å². The standard InChI is InChI=1S/C41H31NO4/c1-3-10-36-30(6-1)16-22-38-40(36)41-37-11-4-2-7-31(37)17-23-39(41)46-25-29-14-20-35(21-15-29)44-27-33-9-5-8-32(42-33)26-43-34-18-12-28(13-19-34)24-45-38/h1-23H,24-27H2. The molecule has 0 amide bonds. The summed E-state index contributed by atoms with van der Waals surface area (Å²) in [5.41, 5.74) is 5.80. The molecule has 5 nitrogen and oxygen atoms in total. The van der Waals surface area contributed by atoms with Crippen LogP contribution in [0.3, 0.4) is 0 Å². The Hall–Kier alpha value is -5.81. The van der Waals surface area contributed by atoms with Gasteiger partial charge in [-0.3, -0.25) is 4.98 Å². The minimum atomic E-state index is 0.367. The van der Waals surface area contributed by atoms with E-state index in [1.807, 2.05) is 66.7 Å². The maximum Gasteiger partial charge on any atom is 0.130 e. The number of hydrogen-bond donors (Lipinski definition) is 0. The van der Waals surface area contributed by atoms with Crippen molar-refractivity contribution in [3.05, 3.63) is 162 Å². The molecule has 4 aliphatic rings. The van der Waals surface area contributed by atoms with E-state index >= 15 is 0 Å². The molecular formula is C41H31NO4. The predicted molar refractivity (Wildman–Crippen MR) is 181 cm³/mol. The van der Waals surface area contributed by atoms with Gasteiger partial charge in [0.2, 0.25) is 0 Å². The zero-order chi connectivity index (χ0) is 30.7. The Morgan fingerprint density at radius 2 is 0.826 bits per heavy atom. The number of nitrogens with zero attached hydrogens (tertiary/aromatic N) is 1. The van der Waals surface area contributed by atoms with E-state index < -0.39 is 0 Å². The van der Waals surface area contributed by atoms with Crippen molar-refractivity contribution in [1.29, 1.82) is 0 Å². The molecule has 1 aromatic heterocycles. The second kappa shape index (κ2) is 12.3. The summed E-state index contributed by atoms with van der Waals surface area (Å²) in [4.78, 5) is 4.72. The Kier molecular flexibility index (Phi) is 7.41. The third kappa shape index (κ3) is 5.71. The fourth-order valence-electron chi connectivity index (χ4n) is 5.95. The van der Waals surface area contributed by atoms with Gasteiger partial charge in [0.15, 0.2) is 0 Å². The van der Waals surface area contributed by atoms with Gasteiger partial charge in [0.25, 0.3) is 0 Å². The van der Waals surface area contributed by atoms with Crippen LogP contribution in [0.15, 0.2) is 140 Å². The average Bonchev–Trinajstić information content (AvgIpc) is 3.12. The van der Waals surface area contributed by atoms with Gasteiger partial charge in [-0.25, -0.2) is 0 Å². The third-order valence-corrected chi connectivity index (χ3v) is 8.30. The van der Waals surface area contributed by atoms with Crippen molar-refractivity contribution >= 4 is 21.5 Å². The summed E-state index contributed by atoms with van der Waals surface area (Å²) in [6.07, 6.45) is 0. The van der Waals surface area contributed by atoms with E-state index in [2.05, 4.69) is 72.8 Å². The van der Waals surface area contributed by atoms with Crippen LogP contribution in [0.5, 0.6) is 23.0 Å². The summed E-state index contributed by atoms with van der Waals surface area (Å²) in [5.74, 6) is 3.14. The molecule has 6 bridgehead atoms. The minimum Gasteiger partial charge on any atom is -0.488 e. The molecule has 0 unspecified atom stereocenters. The number of ether oxygens (including phenoxy) is 4. The van der Waals surface area contributed by atoms with Crippen molar-refractivity contribution < 1.29 is 18.9 Å². The summed E-state index contributed by atoms with van der Waals surface area (Å²) in [6.45, 7) is 1.55. The number of aromatic nitrogens is 1. The third-order valence-electron chi connectivity index (χ3n) is 8.30. The molecule has 0 aliphatic carbocycles. The van der Waals surface area contributed by atoms with E-state index in [4.69, 9.17) is 23.9 Å². The first-order valence-corrected chi connectivity index (χ1v) is 15.4. The van der Waals surface area contributed by atoms with Crippen molar-refractivity contribution in [3.8, 4) is 34.1 Å². The zero-order valence-corrected chi connectivity index (χ0v) is 25.2. The van der Waals surface area contributed by atoms with E-state index in [1.54, 1.807) is 0 Å². The number of benzene rings is 6. The molecule has 4 aliphatic heterocycles. The molecule has 0 saturated heterocycles. The fraction of sp³-hybridized carbons (Fsp3) is 0.0976. The lowest BCUT2D eigenvalue weighted by Gasteiger charge is -2.20. The first-order valence-electron chi connectivity index (χ1n) is 15.4. The SMILES string of the molecule is c1cc2nc(c1)COc1ccc(cc1)COc1ccc3ccccc3c1-c1c(ccc3ccccc13)OCc1ccc(cc1)OC2. The van der Waals surface area contributed by atoms with Crippen LogP contribution in [-0.2, 0) is 26.4 Å².